The number of hydrogen-bond acceptors (Lipinski definition) is 3. The summed E-state index contributed by atoms with van der Waals surface area (Å²) in [6.07, 6.45) is 1.99. The molecule has 1 aromatic carbocycles. The van der Waals surface area contributed by atoms with E-state index in [4.69, 9.17) is 0 Å². The first kappa shape index (κ1) is 17.2. The molecular weight excluding hydrogens is 270 g/mol. The molecule has 1 unspecified atom stereocenters. The van der Waals surface area contributed by atoms with Gasteiger partial charge in [-0.1, -0.05) is 38.1 Å². The summed E-state index contributed by atoms with van der Waals surface area (Å²) >= 11 is 0. The van der Waals surface area contributed by atoms with Crippen LogP contribution in [0, 0.1) is 0 Å². The zero-order chi connectivity index (χ0) is 15.2. The first-order chi connectivity index (χ1) is 9.40. The lowest BCUT2D eigenvalue weighted by atomic mass is 10.0. The van der Waals surface area contributed by atoms with Crippen LogP contribution in [0.25, 0.3) is 0 Å². The van der Waals surface area contributed by atoms with Gasteiger partial charge in [-0.2, -0.15) is 0 Å². The molecular formula is C16H27NO2S. The molecule has 20 heavy (non-hydrogen) atoms. The van der Waals surface area contributed by atoms with Crippen molar-refractivity contribution in [1.82, 2.24) is 5.32 Å². The van der Waals surface area contributed by atoms with Gasteiger partial charge in [0, 0.05) is 6.04 Å². The van der Waals surface area contributed by atoms with Crippen LogP contribution >= 0.6 is 0 Å². The molecule has 4 heteroatoms. The zero-order valence-corrected chi connectivity index (χ0v) is 13.8. The molecule has 0 saturated carbocycles. The van der Waals surface area contributed by atoms with Gasteiger partial charge >= 0.3 is 0 Å². The summed E-state index contributed by atoms with van der Waals surface area (Å²) in [5, 5.41) is 3.02. The highest BCUT2D eigenvalue weighted by Gasteiger charge is 2.23. The fraction of sp³-hybridized carbons (Fsp3) is 0.625. The maximum Gasteiger partial charge on any atom is 0.154 e. The van der Waals surface area contributed by atoms with Crippen molar-refractivity contribution in [3.05, 3.63) is 35.4 Å². The average molecular weight is 297 g/mol. The molecule has 0 saturated heterocycles. The van der Waals surface area contributed by atoms with E-state index in [1.54, 1.807) is 13.8 Å². The SMILES string of the molecule is CCCNC(CS(=O)(=O)C(C)C)c1ccc(CC)cc1. The Bertz CT molecular complexity index is 492. The Hall–Kier alpha value is -0.870. The van der Waals surface area contributed by atoms with Crippen LogP contribution in [0.1, 0.15) is 51.3 Å². The van der Waals surface area contributed by atoms with Crippen molar-refractivity contribution in [1.29, 1.82) is 0 Å². The first-order valence-electron chi connectivity index (χ1n) is 7.44. The van der Waals surface area contributed by atoms with Gasteiger partial charge in [0.25, 0.3) is 0 Å². The fourth-order valence-electron chi connectivity index (χ4n) is 2.00. The van der Waals surface area contributed by atoms with Crippen molar-refractivity contribution in [3.8, 4) is 0 Å². The highest BCUT2D eigenvalue weighted by Crippen LogP contribution is 2.18. The van der Waals surface area contributed by atoms with Crippen molar-refractivity contribution in [2.45, 2.75) is 51.8 Å². The molecule has 1 N–H and O–H groups in total. The van der Waals surface area contributed by atoms with E-state index in [1.165, 1.54) is 5.56 Å². The monoisotopic (exact) mass is 297 g/mol. The van der Waals surface area contributed by atoms with Crippen LogP contribution in [0.4, 0.5) is 0 Å². The van der Waals surface area contributed by atoms with Crippen LogP contribution in [-0.2, 0) is 16.3 Å². The minimum atomic E-state index is -3.05. The minimum Gasteiger partial charge on any atom is -0.309 e. The second-order valence-corrected chi connectivity index (χ2v) is 8.08. The number of sulfone groups is 1. The summed E-state index contributed by atoms with van der Waals surface area (Å²) in [4.78, 5) is 0. The number of benzene rings is 1. The second kappa shape index (κ2) is 7.79. The van der Waals surface area contributed by atoms with Gasteiger partial charge in [0.2, 0.25) is 0 Å². The molecule has 1 rings (SSSR count). The third kappa shape index (κ3) is 4.91. The largest absolute Gasteiger partial charge is 0.309 e. The van der Waals surface area contributed by atoms with Crippen molar-refractivity contribution in [3.63, 3.8) is 0 Å². The van der Waals surface area contributed by atoms with Crippen LogP contribution in [0.3, 0.4) is 0 Å². The lowest BCUT2D eigenvalue weighted by molar-refractivity contribution is 0.541. The van der Waals surface area contributed by atoms with Gasteiger partial charge in [-0.15, -0.1) is 0 Å². The summed E-state index contributed by atoms with van der Waals surface area (Å²) in [5.74, 6) is 0.163. The second-order valence-electron chi connectivity index (χ2n) is 5.48. The van der Waals surface area contributed by atoms with Crippen molar-refractivity contribution >= 4 is 9.84 Å². The zero-order valence-electron chi connectivity index (χ0n) is 13.0. The van der Waals surface area contributed by atoms with E-state index in [9.17, 15) is 8.42 Å². The van der Waals surface area contributed by atoms with E-state index >= 15 is 0 Å². The third-order valence-electron chi connectivity index (χ3n) is 3.55. The lowest BCUT2D eigenvalue weighted by Crippen LogP contribution is -2.31. The van der Waals surface area contributed by atoms with E-state index in [1.807, 2.05) is 12.1 Å². The molecule has 0 spiro atoms. The van der Waals surface area contributed by atoms with Crippen LogP contribution in [0.15, 0.2) is 24.3 Å². The average Bonchev–Trinajstić information content (AvgIpc) is 2.43. The van der Waals surface area contributed by atoms with Crippen LogP contribution < -0.4 is 5.32 Å². The van der Waals surface area contributed by atoms with Gasteiger partial charge < -0.3 is 5.32 Å². The Morgan fingerprint density at radius 3 is 2.15 bits per heavy atom. The molecule has 1 aromatic rings. The standard InChI is InChI=1S/C16H27NO2S/c1-5-11-17-16(12-20(18,19)13(3)4)15-9-7-14(6-2)8-10-15/h7-10,13,16-17H,5-6,11-12H2,1-4H3. The molecule has 3 nitrogen and oxygen atoms in total. The van der Waals surface area contributed by atoms with E-state index in [0.29, 0.717) is 0 Å². The third-order valence-corrected chi connectivity index (χ3v) is 5.78. The van der Waals surface area contributed by atoms with E-state index in [0.717, 1.165) is 24.9 Å². The maximum atomic E-state index is 12.2. The first-order valence-corrected chi connectivity index (χ1v) is 9.16. The molecule has 0 fully saturated rings. The molecule has 114 valence electrons. The molecule has 0 aliphatic heterocycles. The Labute approximate surface area is 123 Å². The molecule has 0 radical (unpaired) electrons. The Balaban J connectivity index is 2.93. The number of aryl methyl sites for hydroxylation is 1. The number of hydrogen-bond donors (Lipinski definition) is 1. The van der Waals surface area contributed by atoms with Crippen LogP contribution in [-0.4, -0.2) is 26.0 Å². The lowest BCUT2D eigenvalue weighted by Gasteiger charge is -2.20. The predicted molar refractivity (Wildman–Crippen MR) is 85.8 cm³/mol. The fourth-order valence-corrected chi connectivity index (χ4v) is 3.16. The van der Waals surface area contributed by atoms with E-state index in [2.05, 4.69) is 31.3 Å². The number of nitrogens with one attached hydrogen (secondary N) is 1. The minimum absolute atomic E-state index is 0.117. The summed E-state index contributed by atoms with van der Waals surface area (Å²) < 4.78 is 24.3. The topological polar surface area (TPSA) is 46.2 Å². The summed E-state index contributed by atoms with van der Waals surface area (Å²) in [6, 6.07) is 8.13. The van der Waals surface area contributed by atoms with E-state index < -0.39 is 9.84 Å². The molecule has 0 aliphatic carbocycles. The molecule has 1 atom stereocenters. The van der Waals surface area contributed by atoms with Crippen molar-refractivity contribution in [2.75, 3.05) is 12.3 Å². The number of rotatable bonds is 8. The van der Waals surface area contributed by atoms with E-state index in [-0.39, 0.29) is 17.0 Å². The summed E-state index contributed by atoms with van der Waals surface area (Å²) in [6.45, 7) is 8.51. The molecule has 0 aromatic heterocycles. The normalized spacial score (nSPS) is 13.7. The predicted octanol–water partition coefficient (Wildman–Crippen LogP) is 3.11. The molecule has 0 bridgehead atoms. The summed E-state index contributed by atoms with van der Waals surface area (Å²) in [7, 11) is -3.05. The van der Waals surface area contributed by atoms with Gasteiger partial charge in [-0.25, -0.2) is 8.42 Å². The Morgan fingerprint density at radius 2 is 1.70 bits per heavy atom. The highest BCUT2D eigenvalue weighted by atomic mass is 32.2. The highest BCUT2D eigenvalue weighted by molar-refractivity contribution is 7.92. The van der Waals surface area contributed by atoms with Crippen molar-refractivity contribution < 1.29 is 8.42 Å². The molecule has 0 amide bonds. The summed E-state index contributed by atoms with van der Waals surface area (Å²) in [5.41, 5.74) is 2.33. The van der Waals surface area contributed by atoms with Gasteiger partial charge in [0.05, 0.1) is 11.0 Å². The van der Waals surface area contributed by atoms with Gasteiger partial charge in [0.1, 0.15) is 0 Å². The van der Waals surface area contributed by atoms with Crippen molar-refractivity contribution in [2.24, 2.45) is 0 Å². The van der Waals surface area contributed by atoms with Gasteiger partial charge in [-0.05, 0) is 44.4 Å². The quantitative estimate of drug-likeness (QED) is 0.802. The van der Waals surface area contributed by atoms with Crippen LogP contribution in [0.5, 0.6) is 0 Å². The molecule has 0 heterocycles. The van der Waals surface area contributed by atoms with Gasteiger partial charge in [-0.3, -0.25) is 0 Å². The van der Waals surface area contributed by atoms with Crippen LogP contribution in [0.2, 0.25) is 0 Å². The molecule has 0 aliphatic rings. The smallest absolute Gasteiger partial charge is 0.154 e. The van der Waals surface area contributed by atoms with Gasteiger partial charge in [0.15, 0.2) is 9.84 Å². The Morgan fingerprint density at radius 1 is 1.10 bits per heavy atom. The Kier molecular flexibility index (Phi) is 6.69. The maximum absolute atomic E-state index is 12.2.